The molecule has 0 radical (unpaired) electrons. The Morgan fingerprint density at radius 2 is 1.82 bits per heavy atom. The van der Waals surface area contributed by atoms with Crippen LogP contribution in [0.25, 0.3) is 11.4 Å². The smallest absolute Gasteiger partial charge is 0.237 e. The Hall–Kier alpha value is -2.67. The minimum absolute atomic E-state index is 0.0427. The summed E-state index contributed by atoms with van der Waals surface area (Å²) in [4.78, 5) is 16.8. The molecule has 0 unspecified atom stereocenters. The normalized spacial score (nSPS) is 12.0. The summed E-state index contributed by atoms with van der Waals surface area (Å²) in [6.07, 6.45) is 4.44. The van der Waals surface area contributed by atoms with Gasteiger partial charge >= 0.3 is 0 Å². The summed E-state index contributed by atoms with van der Waals surface area (Å²) in [6, 6.07) is 9.83. The molecule has 0 aliphatic heterocycles. The number of para-hydroxylation sites is 1. The average Bonchev–Trinajstić information content (AvgIpc) is 3.08. The van der Waals surface area contributed by atoms with Gasteiger partial charge in [0.15, 0.2) is 11.0 Å². The van der Waals surface area contributed by atoms with Gasteiger partial charge in [0, 0.05) is 30.2 Å². The molecule has 1 amide bonds. The highest BCUT2D eigenvalue weighted by molar-refractivity contribution is 8.00. The van der Waals surface area contributed by atoms with Crippen LogP contribution < -0.4 is 5.32 Å². The molecule has 0 fully saturated rings. The van der Waals surface area contributed by atoms with E-state index in [0.717, 1.165) is 46.3 Å². The first-order valence-corrected chi connectivity index (χ1v) is 10.3. The van der Waals surface area contributed by atoms with Crippen molar-refractivity contribution in [3.63, 3.8) is 0 Å². The SMILES string of the molecule is CCCn1c(S[C@H](C)C(=O)Nc2c(C)cccc2C)nnc1-c1ccncc1. The van der Waals surface area contributed by atoms with Gasteiger partial charge in [-0.3, -0.25) is 9.78 Å². The Morgan fingerprint density at radius 1 is 1.14 bits per heavy atom. The van der Waals surface area contributed by atoms with E-state index in [1.807, 2.05) is 51.1 Å². The molecule has 2 heterocycles. The Balaban J connectivity index is 1.79. The van der Waals surface area contributed by atoms with Crippen molar-refractivity contribution in [1.82, 2.24) is 19.7 Å². The topological polar surface area (TPSA) is 72.7 Å². The molecular formula is C21H25N5OS. The van der Waals surface area contributed by atoms with Gasteiger partial charge in [-0.1, -0.05) is 36.9 Å². The zero-order chi connectivity index (χ0) is 20.1. The number of aryl methyl sites for hydroxylation is 2. The van der Waals surface area contributed by atoms with E-state index in [2.05, 4.69) is 32.0 Å². The quantitative estimate of drug-likeness (QED) is 0.597. The van der Waals surface area contributed by atoms with Crippen LogP contribution in [0, 0.1) is 13.8 Å². The van der Waals surface area contributed by atoms with Crippen molar-refractivity contribution in [2.75, 3.05) is 5.32 Å². The standard InChI is InChI=1S/C21H25N5OS/c1-5-13-26-19(17-9-11-22-12-10-17)24-25-21(26)28-16(4)20(27)23-18-14(2)7-6-8-15(18)3/h6-12,16H,5,13H2,1-4H3,(H,23,27)/t16-/m1/s1. The summed E-state index contributed by atoms with van der Waals surface area (Å²) in [5.41, 5.74) is 3.96. The Morgan fingerprint density at radius 3 is 2.46 bits per heavy atom. The van der Waals surface area contributed by atoms with Crippen molar-refractivity contribution < 1.29 is 4.79 Å². The van der Waals surface area contributed by atoms with Crippen LogP contribution in [0.2, 0.25) is 0 Å². The number of hydrogen-bond acceptors (Lipinski definition) is 5. The molecule has 6 nitrogen and oxygen atoms in total. The monoisotopic (exact) mass is 395 g/mol. The van der Waals surface area contributed by atoms with E-state index in [-0.39, 0.29) is 11.2 Å². The van der Waals surface area contributed by atoms with Crippen molar-refractivity contribution in [3.8, 4) is 11.4 Å². The first kappa shape index (κ1) is 20.1. The Bertz CT molecular complexity index is 934. The molecule has 1 aromatic carbocycles. The molecule has 0 saturated heterocycles. The lowest BCUT2D eigenvalue weighted by molar-refractivity contribution is -0.115. The van der Waals surface area contributed by atoms with Gasteiger partial charge < -0.3 is 9.88 Å². The number of pyridine rings is 1. The van der Waals surface area contributed by atoms with Gasteiger partial charge in [0.05, 0.1) is 5.25 Å². The van der Waals surface area contributed by atoms with E-state index in [9.17, 15) is 4.79 Å². The van der Waals surface area contributed by atoms with Gasteiger partial charge in [-0.05, 0) is 50.5 Å². The van der Waals surface area contributed by atoms with Crippen molar-refractivity contribution in [1.29, 1.82) is 0 Å². The van der Waals surface area contributed by atoms with Crippen LogP contribution in [-0.2, 0) is 11.3 Å². The average molecular weight is 396 g/mol. The minimum Gasteiger partial charge on any atom is -0.325 e. The van der Waals surface area contributed by atoms with Gasteiger partial charge in [0.1, 0.15) is 0 Å². The summed E-state index contributed by atoms with van der Waals surface area (Å²) in [5.74, 6) is 0.757. The molecule has 2 aromatic heterocycles. The molecule has 3 aromatic rings. The third kappa shape index (κ3) is 4.42. The number of anilines is 1. The molecule has 7 heteroatoms. The summed E-state index contributed by atoms with van der Waals surface area (Å²) in [7, 11) is 0. The minimum atomic E-state index is -0.302. The van der Waals surface area contributed by atoms with Gasteiger partial charge in [-0.2, -0.15) is 0 Å². The number of hydrogen-bond donors (Lipinski definition) is 1. The molecule has 0 aliphatic rings. The molecule has 0 bridgehead atoms. The van der Waals surface area contributed by atoms with Crippen LogP contribution in [-0.4, -0.2) is 30.9 Å². The maximum absolute atomic E-state index is 12.8. The number of amides is 1. The summed E-state index contributed by atoms with van der Waals surface area (Å²) in [5, 5.41) is 12.2. The predicted octanol–water partition coefficient (Wildman–Crippen LogP) is 4.49. The zero-order valence-corrected chi connectivity index (χ0v) is 17.5. The van der Waals surface area contributed by atoms with Crippen molar-refractivity contribution in [2.24, 2.45) is 0 Å². The highest BCUT2D eigenvalue weighted by atomic mass is 32.2. The first-order chi connectivity index (χ1) is 13.5. The van der Waals surface area contributed by atoms with Crippen LogP contribution in [0.3, 0.4) is 0 Å². The van der Waals surface area contributed by atoms with Gasteiger partial charge in [-0.15, -0.1) is 10.2 Å². The lowest BCUT2D eigenvalue weighted by Crippen LogP contribution is -2.24. The van der Waals surface area contributed by atoms with E-state index in [1.54, 1.807) is 12.4 Å². The van der Waals surface area contributed by atoms with E-state index >= 15 is 0 Å². The van der Waals surface area contributed by atoms with Crippen molar-refractivity contribution in [2.45, 2.75) is 51.1 Å². The zero-order valence-electron chi connectivity index (χ0n) is 16.6. The summed E-state index contributed by atoms with van der Waals surface area (Å²) >= 11 is 1.43. The fraction of sp³-hybridized carbons (Fsp3) is 0.333. The van der Waals surface area contributed by atoms with Gasteiger partial charge in [0.25, 0.3) is 0 Å². The fourth-order valence-electron chi connectivity index (χ4n) is 2.96. The molecular weight excluding hydrogens is 370 g/mol. The number of aromatic nitrogens is 4. The van der Waals surface area contributed by atoms with E-state index in [1.165, 1.54) is 11.8 Å². The number of thioether (sulfide) groups is 1. The molecule has 0 saturated carbocycles. The lowest BCUT2D eigenvalue weighted by Gasteiger charge is -2.16. The number of rotatable bonds is 7. The van der Waals surface area contributed by atoms with Gasteiger partial charge in [0.2, 0.25) is 5.91 Å². The number of carbonyl (C=O) groups is 1. The predicted molar refractivity (Wildman–Crippen MR) is 113 cm³/mol. The molecule has 0 aliphatic carbocycles. The van der Waals surface area contributed by atoms with Gasteiger partial charge in [-0.25, -0.2) is 0 Å². The molecule has 146 valence electrons. The molecule has 0 spiro atoms. The molecule has 28 heavy (non-hydrogen) atoms. The first-order valence-electron chi connectivity index (χ1n) is 9.38. The highest BCUT2D eigenvalue weighted by Crippen LogP contribution is 2.28. The largest absolute Gasteiger partial charge is 0.325 e. The third-order valence-electron chi connectivity index (χ3n) is 4.48. The highest BCUT2D eigenvalue weighted by Gasteiger charge is 2.21. The summed E-state index contributed by atoms with van der Waals surface area (Å²) in [6.45, 7) is 8.80. The molecule has 3 rings (SSSR count). The third-order valence-corrected chi connectivity index (χ3v) is 5.56. The second-order valence-electron chi connectivity index (χ2n) is 6.71. The summed E-state index contributed by atoms with van der Waals surface area (Å²) < 4.78 is 2.07. The molecule has 1 N–H and O–H groups in total. The van der Waals surface area contributed by atoms with Crippen LogP contribution in [0.5, 0.6) is 0 Å². The van der Waals surface area contributed by atoms with Crippen LogP contribution in [0.15, 0.2) is 47.9 Å². The second kappa shape index (κ2) is 9.01. The maximum atomic E-state index is 12.8. The lowest BCUT2D eigenvalue weighted by atomic mass is 10.1. The second-order valence-corrected chi connectivity index (χ2v) is 8.02. The number of benzene rings is 1. The number of nitrogens with zero attached hydrogens (tertiary/aromatic N) is 4. The van der Waals surface area contributed by atoms with Crippen molar-refractivity contribution >= 4 is 23.4 Å². The Labute approximate surface area is 169 Å². The fourth-order valence-corrected chi connectivity index (χ4v) is 3.84. The van der Waals surface area contributed by atoms with Crippen molar-refractivity contribution in [3.05, 3.63) is 53.9 Å². The van der Waals surface area contributed by atoms with Crippen LogP contribution in [0.1, 0.15) is 31.4 Å². The van der Waals surface area contributed by atoms with E-state index in [0.29, 0.717) is 0 Å². The Kier molecular flexibility index (Phi) is 6.46. The van der Waals surface area contributed by atoms with Crippen LogP contribution in [0.4, 0.5) is 5.69 Å². The number of carbonyl (C=O) groups excluding carboxylic acids is 1. The van der Waals surface area contributed by atoms with Crippen LogP contribution >= 0.6 is 11.8 Å². The number of nitrogens with one attached hydrogen (secondary N) is 1. The molecule has 1 atom stereocenters. The van der Waals surface area contributed by atoms with E-state index in [4.69, 9.17) is 0 Å². The maximum Gasteiger partial charge on any atom is 0.237 e. The van der Waals surface area contributed by atoms with E-state index < -0.39 is 0 Å².